The van der Waals surface area contributed by atoms with Gasteiger partial charge in [-0.15, -0.1) is 0 Å². The number of likely N-dealkylation sites (N-methyl/N-ethyl adjacent to an activating group) is 1. The maximum atomic E-state index is 13.5. The first-order valence-electron chi connectivity index (χ1n) is 10.1. The van der Waals surface area contributed by atoms with Crippen molar-refractivity contribution in [2.75, 3.05) is 50.7 Å². The fourth-order valence-corrected chi connectivity index (χ4v) is 5.08. The van der Waals surface area contributed by atoms with E-state index in [4.69, 9.17) is 4.74 Å². The van der Waals surface area contributed by atoms with Gasteiger partial charge in [-0.2, -0.15) is 0 Å². The molecule has 1 heterocycles. The smallest absolute Gasteiger partial charge is 0.264 e. The van der Waals surface area contributed by atoms with Crippen LogP contribution in [0.5, 0.6) is 5.75 Å². The Morgan fingerprint density at radius 2 is 1.73 bits per heavy atom. The molecule has 1 aliphatic heterocycles. The summed E-state index contributed by atoms with van der Waals surface area (Å²) in [6.45, 7) is 7.43. The number of amides is 1. The zero-order chi connectivity index (χ0) is 21.7. The molecule has 2 aromatic carbocycles. The van der Waals surface area contributed by atoms with Gasteiger partial charge in [0.15, 0.2) is 0 Å². The number of anilines is 1. The lowest BCUT2D eigenvalue weighted by Crippen LogP contribution is -2.51. The number of carbonyl (C=O) groups is 1. The fourth-order valence-electron chi connectivity index (χ4n) is 3.58. The lowest BCUT2D eigenvalue weighted by atomic mass is 10.2. The number of methoxy groups -OCH3 is 1. The van der Waals surface area contributed by atoms with Crippen LogP contribution in [-0.4, -0.2) is 70.5 Å². The van der Waals surface area contributed by atoms with Crippen molar-refractivity contribution in [3.8, 4) is 5.75 Å². The van der Waals surface area contributed by atoms with E-state index in [1.54, 1.807) is 55.3 Å². The van der Waals surface area contributed by atoms with Gasteiger partial charge in [-0.25, -0.2) is 8.42 Å². The van der Waals surface area contributed by atoms with Crippen molar-refractivity contribution in [3.05, 3.63) is 54.1 Å². The molecule has 0 aromatic heterocycles. The van der Waals surface area contributed by atoms with Crippen molar-refractivity contribution in [2.24, 2.45) is 0 Å². The predicted octanol–water partition coefficient (Wildman–Crippen LogP) is 2.36. The van der Waals surface area contributed by atoms with Crippen molar-refractivity contribution in [1.82, 2.24) is 9.80 Å². The van der Waals surface area contributed by atoms with E-state index in [1.807, 2.05) is 6.07 Å². The van der Waals surface area contributed by atoms with Crippen LogP contribution in [0.4, 0.5) is 5.69 Å². The van der Waals surface area contributed by atoms with Crippen LogP contribution in [0.1, 0.15) is 12.5 Å². The topological polar surface area (TPSA) is 70.2 Å². The van der Waals surface area contributed by atoms with Crippen LogP contribution in [0.2, 0.25) is 0 Å². The highest BCUT2D eigenvalue weighted by molar-refractivity contribution is 7.92. The maximum Gasteiger partial charge on any atom is 0.264 e. The number of para-hydroxylation sites is 1. The van der Waals surface area contributed by atoms with Gasteiger partial charge in [0.05, 0.1) is 17.7 Å². The van der Waals surface area contributed by atoms with Crippen molar-refractivity contribution >= 4 is 21.6 Å². The Kier molecular flexibility index (Phi) is 6.99. The molecule has 0 unspecified atom stereocenters. The minimum atomic E-state index is -3.93. The zero-order valence-electron chi connectivity index (χ0n) is 17.7. The van der Waals surface area contributed by atoms with E-state index in [9.17, 15) is 13.2 Å². The first kappa shape index (κ1) is 22.1. The standard InChI is InChI=1S/C22H29N3O4S/c1-4-23-12-14-24(15-13-23)22(26)17-25(19-8-6-5-7-9-19)30(27,28)20-10-11-21(29-3)18(2)16-20/h5-11,16H,4,12-15,17H2,1-3H3. The van der Waals surface area contributed by atoms with E-state index in [-0.39, 0.29) is 17.3 Å². The SMILES string of the molecule is CCN1CCN(C(=O)CN(c2ccccc2)S(=O)(=O)c2ccc(OC)c(C)c2)CC1. The van der Waals surface area contributed by atoms with Gasteiger partial charge in [-0.3, -0.25) is 9.10 Å². The molecule has 1 amide bonds. The molecule has 1 fully saturated rings. The van der Waals surface area contributed by atoms with E-state index in [0.29, 0.717) is 30.1 Å². The van der Waals surface area contributed by atoms with Crippen LogP contribution >= 0.6 is 0 Å². The van der Waals surface area contributed by atoms with Gasteiger partial charge < -0.3 is 14.5 Å². The number of nitrogens with zero attached hydrogens (tertiary/aromatic N) is 3. The molecular formula is C22H29N3O4S. The van der Waals surface area contributed by atoms with Gasteiger partial charge in [0.1, 0.15) is 12.3 Å². The first-order valence-corrected chi connectivity index (χ1v) is 11.5. The number of carbonyl (C=O) groups excluding carboxylic acids is 1. The molecular weight excluding hydrogens is 402 g/mol. The predicted molar refractivity (Wildman–Crippen MR) is 117 cm³/mol. The average molecular weight is 432 g/mol. The monoisotopic (exact) mass is 431 g/mol. The molecule has 162 valence electrons. The van der Waals surface area contributed by atoms with E-state index < -0.39 is 10.0 Å². The molecule has 0 aliphatic carbocycles. The Morgan fingerprint density at radius 1 is 1.07 bits per heavy atom. The molecule has 8 heteroatoms. The van der Waals surface area contributed by atoms with E-state index in [0.717, 1.165) is 19.6 Å². The quantitative estimate of drug-likeness (QED) is 0.673. The molecule has 1 saturated heterocycles. The van der Waals surface area contributed by atoms with Gasteiger partial charge in [0, 0.05) is 26.2 Å². The Morgan fingerprint density at radius 3 is 2.30 bits per heavy atom. The first-order chi connectivity index (χ1) is 14.4. The van der Waals surface area contributed by atoms with Crippen LogP contribution in [0.3, 0.4) is 0 Å². The summed E-state index contributed by atoms with van der Waals surface area (Å²) in [4.78, 5) is 17.2. The third-order valence-corrected chi connectivity index (χ3v) is 7.22. The van der Waals surface area contributed by atoms with E-state index >= 15 is 0 Å². The van der Waals surface area contributed by atoms with Gasteiger partial charge >= 0.3 is 0 Å². The molecule has 0 spiro atoms. The second-order valence-corrected chi connectivity index (χ2v) is 9.16. The highest BCUT2D eigenvalue weighted by Gasteiger charge is 2.30. The van der Waals surface area contributed by atoms with E-state index in [1.165, 1.54) is 10.4 Å². The number of ether oxygens (including phenoxy) is 1. The van der Waals surface area contributed by atoms with E-state index in [2.05, 4.69) is 11.8 Å². The largest absolute Gasteiger partial charge is 0.496 e. The summed E-state index contributed by atoms with van der Waals surface area (Å²) in [5.41, 5.74) is 1.18. The van der Waals surface area contributed by atoms with Crippen molar-refractivity contribution in [1.29, 1.82) is 0 Å². The third kappa shape index (κ3) is 4.76. The van der Waals surface area contributed by atoms with Gasteiger partial charge in [-0.05, 0) is 49.4 Å². The fraction of sp³-hybridized carbons (Fsp3) is 0.409. The summed E-state index contributed by atoms with van der Waals surface area (Å²) >= 11 is 0. The number of sulfonamides is 1. The third-order valence-electron chi connectivity index (χ3n) is 5.45. The van der Waals surface area contributed by atoms with Crippen LogP contribution in [0, 0.1) is 6.92 Å². The number of piperazine rings is 1. The Balaban J connectivity index is 1.89. The van der Waals surface area contributed by atoms with Gasteiger partial charge in [0.2, 0.25) is 5.91 Å². The second kappa shape index (κ2) is 9.49. The van der Waals surface area contributed by atoms with Crippen molar-refractivity contribution < 1.29 is 17.9 Å². The molecule has 0 atom stereocenters. The van der Waals surface area contributed by atoms with Crippen LogP contribution < -0.4 is 9.04 Å². The Hall–Kier alpha value is -2.58. The molecule has 30 heavy (non-hydrogen) atoms. The number of hydrogen-bond donors (Lipinski definition) is 0. The Bertz CT molecular complexity index is 971. The van der Waals surface area contributed by atoms with Crippen LogP contribution in [0.25, 0.3) is 0 Å². The average Bonchev–Trinajstić information content (AvgIpc) is 2.77. The van der Waals surface area contributed by atoms with Gasteiger partial charge in [-0.1, -0.05) is 25.1 Å². The summed E-state index contributed by atoms with van der Waals surface area (Å²) in [6, 6.07) is 13.5. The summed E-state index contributed by atoms with van der Waals surface area (Å²) in [5.74, 6) is 0.425. The highest BCUT2D eigenvalue weighted by Crippen LogP contribution is 2.27. The van der Waals surface area contributed by atoms with Crippen LogP contribution in [-0.2, 0) is 14.8 Å². The van der Waals surface area contributed by atoms with Crippen LogP contribution in [0.15, 0.2) is 53.4 Å². The van der Waals surface area contributed by atoms with Crippen molar-refractivity contribution in [3.63, 3.8) is 0 Å². The number of rotatable bonds is 7. The zero-order valence-corrected chi connectivity index (χ0v) is 18.6. The number of aryl methyl sites for hydroxylation is 1. The summed E-state index contributed by atoms with van der Waals surface area (Å²) in [7, 11) is -2.39. The molecule has 1 aliphatic rings. The molecule has 3 rings (SSSR count). The number of hydrogen-bond acceptors (Lipinski definition) is 5. The molecule has 0 saturated carbocycles. The maximum absolute atomic E-state index is 13.5. The Labute approximate surface area is 178 Å². The minimum absolute atomic E-state index is 0.133. The van der Waals surface area contributed by atoms with Gasteiger partial charge in [0.25, 0.3) is 10.0 Å². The lowest BCUT2D eigenvalue weighted by molar-refractivity contribution is -0.131. The summed E-state index contributed by atoms with van der Waals surface area (Å²) in [6.07, 6.45) is 0. The molecule has 2 aromatic rings. The second-order valence-electron chi connectivity index (χ2n) is 7.29. The lowest BCUT2D eigenvalue weighted by Gasteiger charge is -2.35. The molecule has 0 radical (unpaired) electrons. The minimum Gasteiger partial charge on any atom is -0.496 e. The number of benzene rings is 2. The highest BCUT2D eigenvalue weighted by atomic mass is 32.2. The summed E-state index contributed by atoms with van der Waals surface area (Å²) < 4.78 is 33.5. The normalized spacial score (nSPS) is 15.1. The molecule has 7 nitrogen and oxygen atoms in total. The molecule has 0 N–H and O–H groups in total. The molecule has 0 bridgehead atoms. The van der Waals surface area contributed by atoms with Crippen molar-refractivity contribution in [2.45, 2.75) is 18.7 Å². The summed E-state index contributed by atoms with van der Waals surface area (Å²) in [5, 5.41) is 0.